The molecule has 0 radical (unpaired) electrons. The lowest BCUT2D eigenvalue weighted by atomic mass is 10.0. The molecule has 2 aliphatic rings. The van der Waals surface area contributed by atoms with Gasteiger partial charge >= 0.3 is 0 Å². The van der Waals surface area contributed by atoms with Crippen molar-refractivity contribution in [3.63, 3.8) is 0 Å². The van der Waals surface area contributed by atoms with Gasteiger partial charge in [0.05, 0.1) is 5.69 Å². The fraction of sp³-hybridized carbons (Fsp3) is 0.600. The SMILES string of the molecule is CC(=O)N1CCC(Cc2nccnc2C(=O)NC2CC2)C1. The molecule has 3 rings (SSSR count). The number of nitrogens with one attached hydrogen (secondary N) is 1. The van der Waals surface area contributed by atoms with Crippen molar-refractivity contribution < 1.29 is 9.59 Å². The van der Waals surface area contributed by atoms with E-state index in [1.165, 1.54) is 0 Å². The predicted octanol–water partition coefficient (Wildman–Crippen LogP) is 0.780. The van der Waals surface area contributed by atoms with Crippen LogP contribution in [0.25, 0.3) is 0 Å². The Kier molecular flexibility index (Phi) is 3.86. The van der Waals surface area contributed by atoms with E-state index in [0.29, 0.717) is 24.1 Å². The zero-order valence-electron chi connectivity index (χ0n) is 12.2. The fourth-order valence-corrected chi connectivity index (χ4v) is 2.75. The molecule has 1 unspecified atom stereocenters. The van der Waals surface area contributed by atoms with E-state index in [1.807, 2.05) is 4.90 Å². The fourth-order valence-electron chi connectivity index (χ4n) is 2.75. The number of aromatic nitrogens is 2. The number of likely N-dealkylation sites (tertiary alicyclic amines) is 1. The van der Waals surface area contributed by atoms with E-state index >= 15 is 0 Å². The average Bonchev–Trinajstić information content (AvgIpc) is 3.14. The Bertz CT molecular complexity index is 556. The topological polar surface area (TPSA) is 75.2 Å². The molecule has 2 fully saturated rings. The van der Waals surface area contributed by atoms with E-state index in [2.05, 4.69) is 15.3 Å². The van der Waals surface area contributed by atoms with Gasteiger partial charge in [-0.15, -0.1) is 0 Å². The summed E-state index contributed by atoms with van der Waals surface area (Å²) in [5, 5.41) is 2.96. The van der Waals surface area contributed by atoms with Gasteiger partial charge in [-0.2, -0.15) is 0 Å². The minimum Gasteiger partial charge on any atom is -0.348 e. The summed E-state index contributed by atoms with van der Waals surface area (Å²) in [5.41, 5.74) is 1.18. The molecule has 1 saturated carbocycles. The van der Waals surface area contributed by atoms with Crippen molar-refractivity contribution in [1.29, 1.82) is 0 Å². The van der Waals surface area contributed by atoms with Crippen molar-refractivity contribution in [1.82, 2.24) is 20.2 Å². The Hall–Kier alpha value is -1.98. The summed E-state index contributed by atoms with van der Waals surface area (Å²) in [7, 11) is 0. The van der Waals surface area contributed by atoms with E-state index < -0.39 is 0 Å². The van der Waals surface area contributed by atoms with Gasteiger partial charge in [-0.3, -0.25) is 14.6 Å². The van der Waals surface area contributed by atoms with E-state index in [1.54, 1.807) is 19.3 Å². The summed E-state index contributed by atoms with van der Waals surface area (Å²) in [6.07, 6.45) is 6.95. The number of hydrogen-bond donors (Lipinski definition) is 1. The third-order valence-electron chi connectivity index (χ3n) is 4.11. The van der Waals surface area contributed by atoms with Gasteiger partial charge in [0, 0.05) is 38.4 Å². The first-order valence-corrected chi connectivity index (χ1v) is 7.49. The molecule has 1 aromatic heterocycles. The molecule has 1 aliphatic carbocycles. The molecule has 1 N–H and O–H groups in total. The van der Waals surface area contributed by atoms with Crippen LogP contribution in [-0.4, -0.2) is 45.8 Å². The summed E-state index contributed by atoms with van der Waals surface area (Å²) in [5.74, 6) is 0.350. The highest BCUT2D eigenvalue weighted by Gasteiger charge is 2.28. The van der Waals surface area contributed by atoms with Crippen molar-refractivity contribution in [3.05, 3.63) is 23.8 Å². The lowest BCUT2D eigenvalue weighted by Crippen LogP contribution is -2.29. The summed E-state index contributed by atoms with van der Waals surface area (Å²) >= 11 is 0. The van der Waals surface area contributed by atoms with Crippen molar-refractivity contribution in [2.75, 3.05) is 13.1 Å². The van der Waals surface area contributed by atoms with Crippen LogP contribution in [0.15, 0.2) is 12.4 Å². The Morgan fingerprint density at radius 2 is 2.05 bits per heavy atom. The Morgan fingerprint density at radius 3 is 2.71 bits per heavy atom. The Balaban J connectivity index is 1.67. The molecule has 1 aliphatic heterocycles. The molecule has 112 valence electrons. The van der Waals surface area contributed by atoms with E-state index in [9.17, 15) is 9.59 Å². The van der Waals surface area contributed by atoms with Crippen molar-refractivity contribution in [2.24, 2.45) is 5.92 Å². The number of amides is 2. The van der Waals surface area contributed by atoms with Gasteiger partial charge in [0.15, 0.2) is 0 Å². The van der Waals surface area contributed by atoms with E-state index in [4.69, 9.17) is 0 Å². The Morgan fingerprint density at radius 1 is 1.29 bits per heavy atom. The quantitative estimate of drug-likeness (QED) is 0.888. The maximum Gasteiger partial charge on any atom is 0.271 e. The van der Waals surface area contributed by atoms with E-state index in [-0.39, 0.29) is 11.8 Å². The van der Waals surface area contributed by atoms with Crippen LogP contribution in [0.1, 0.15) is 42.4 Å². The van der Waals surface area contributed by atoms with Gasteiger partial charge < -0.3 is 10.2 Å². The van der Waals surface area contributed by atoms with Gasteiger partial charge in [0.2, 0.25) is 5.91 Å². The number of carbonyl (C=O) groups is 2. The van der Waals surface area contributed by atoms with Crippen LogP contribution >= 0.6 is 0 Å². The first kappa shape index (κ1) is 14.0. The molecular weight excluding hydrogens is 268 g/mol. The molecular formula is C15H20N4O2. The number of hydrogen-bond acceptors (Lipinski definition) is 4. The molecule has 0 bridgehead atoms. The zero-order chi connectivity index (χ0) is 14.8. The highest BCUT2D eigenvalue weighted by Crippen LogP contribution is 2.22. The first-order valence-electron chi connectivity index (χ1n) is 7.49. The van der Waals surface area contributed by atoms with Gasteiger partial charge in [0.1, 0.15) is 5.69 Å². The molecule has 1 saturated heterocycles. The minimum atomic E-state index is -0.123. The van der Waals surface area contributed by atoms with E-state index in [0.717, 1.165) is 38.0 Å². The number of rotatable bonds is 4. The van der Waals surface area contributed by atoms with Crippen LogP contribution in [0, 0.1) is 5.92 Å². The van der Waals surface area contributed by atoms with Gasteiger partial charge in [-0.25, -0.2) is 4.98 Å². The predicted molar refractivity (Wildman–Crippen MR) is 76.6 cm³/mol. The van der Waals surface area contributed by atoms with Crippen LogP contribution in [0.2, 0.25) is 0 Å². The van der Waals surface area contributed by atoms with Gasteiger partial charge in [0.25, 0.3) is 5.91 Å². The maximum absolute atomic E-state index is 12.2. The normalized spacial score (nSPS) is 21.4. The second-order valence-electron chi connectivity index (χ2n) is 5.92. The standard InChI is InChI=1S/C15H20N4O2/c1-10(20)19-7-4-11(9-19)8-13-14(17-6-5-16-13)15(21)18-12-2-3-12/h5-6,11-12H,2-4,7-9H2,1H3,(H,18,21). The van der Waals surface area contributed by atoms with Crippen molar-refractivity contribution >= 4 is 11.8 Å². The third-order valence-corrected chi connectivity index (χ3v) is 4.11. The van der Waals surface area contributed by atoms with Crippen LogP contribution in [0.5, 0.6) is 0 Å². The second-order valence-corrected chi connectivity index (χ2v) is 5.92. The van der Waals surface area contributed by atoms with Crippen molar-refractivity contribution in [3.8, 4) is 0 Å². The van der Waals surface area contributed by atoms with Crippen LogP contribution < -0.4 is 5.32 Å². The second kappa shape index (κ2) is 5.79. The highest BCUT2D eigenvalue weighted by molar-refractivity contribution is 5.93. The molecule has 2 heterocycles. The van der Waals surface area contributed by atoms with Crippen LogP contribution in [0.4, 0.5) is 0 Å². The maximum atomic E-state index is 12.2. The van der Waals surface area contributed by atoms with Crippen LogP contribution in [0.3, 0.4) is 0 Å². The van der Waals surface area contributed by atoms with Gasteiger partial charge in [-0.1, -0.05) is 0 Å². The molecule has 6 heteroatoms. The summed E-state index contributed by atoms with van der Waals surface area (Å²) in [4.78, 5) is 34.0. The first-order chi connectivity index (χ1) is 10.1. The molecule has 0 aromatic carbocycles. The number of nitrogens with zero attached hydrogens (tertiary/aromatic N) is 3. The van der Waals surface area contributed by atoms with Gasteiger partial charge in [-0.05, 0) is 31.6 Å². The largest absolute Gasteiger partial charge is 0.348 e. The monoisotopic (exact) mass is 288 g/mol. The molecule has 1 atom stereocenters. The summed E-state index contributed by atoms with van der Waals surface area (Å²) in [6, 6.07) is 0.312. The minimum absolute atomic E-state index is 0.114. The summed E-state index contributed by atoms with van der Waals surface area (Å²) < 4.78 is 0. The lowest BCUT2D eigenvalue weighted by molar-refractivity contribution is -0.127. The Labute approximate surface area is 124 Å². The lowest BCUT2D eigenvalue weighted by Gasteiger charge is -2.14. The molecule has 1 aromatic rings. The van der Waals surface area contributed by atoms with Crippen molar-refractivity contribution in [2.45, 2.75) is 38.6 Å². The van der Waals surface area contributed by atoms with Crippen LogP contribution in [-0.2, 0) is 11.2 Å². The smallest absolute Gasteiger partial charge is 0.271 e. The molecule has 0 spiro atoms. The molecule has 2 amide bonds. The zero-order valence-corrected chi connectivity index (χ0v) is 12.2. The average molecular weight is 288 g/mol. The number of carbonyl (C=O) groups excluding carboxylic acids is 2. The third kappa shape index (κ3) is 3.37. The molecule has 21 heavy (non-hydrogen) atoms. The highest BCUT2D eigenvalue weighted by atomic mass is 16.2. The molecule has 6 nitrogen and oxygen atoms in total. The summed E-state index contributed by atoms with van der Waals surface area (Å²) in [6.45, 7) is 3.14.